The van der Waals surface area contributed by atoms with Crippen LogP contribution in [0.1, 0.15) is 18.2 Å². The molecule has 2 heterocycles. The number of fused-ring (bicyclic) bond motifs is 2. The first kappa shape index (κ1) is 7.82. The van der Waals surface area contributed by atoms with Crippen LogP contribution in [0.15, 0.2) is 24.3 Å². The summed E-state index contributed by atoms with van der Waals surface area (Å²) in [6.07, 6.45) is -0.746. The zero-order valence-electron chi connectivity index (χ0n) is 7.38. The Kier molecular flexibility index (Phi) is 1.39. The lowest BCUT2D eigenvalue weighted by Crippen LogP contribution is -2.59. The molecule has 0 bridgehead atoms. The highest BCUT2D eigenvalue weighted by atomic mass is 16.5. The van der Waals surface area contributed by atoms with Crippen LogP contribution >= 0.6 is 0 Å². The predicted molar refractivity (Wildman–Crippen MR) is 47.3 cm³/mol. The number of aliphatic hydroxyl groups excluding tert-OH is 1. The lowest BCUT2D eigenvalue weighted by atomic mass is 10.0. The number of benzene rings is 1. The highest BCUT2D eigenvalue weighted by molar-refractivity contribution is 5.83. The molecule has 2 aliphatic rings. The van der Waals surface area contributed by atoms with E-state index in [-0.39, 0.29) is 12.1 Å². The molecule has 72 valence electrons. The molecule has 0 saturated carbocycles. The third kappa shape index (κ3) is 0.834. The lowest BCUT2D eigenvalue weighted by Gasteiger charge is -2.46. The highest BCUT2D eigenvalue weighted by Gasteiger charge is 2.46. The Morgan fingerprint density at radius 1 is 1.43 bits per heavy atom. The molecule has 0 spiro atoms. The normalized spacial score (nSPS) is 28.6. The van der Waals surface area contributed by atoms with Gasteiger partial charge in [0, 0.05) is 5.56 Å². The van der Waals surface area contributed by atoms with E-state index in [2.05, 4.69) is 0 Å². The minimum atomic E-state index is -0.841. The quantitative estimate of drug-likeness (QED) is 0.612. The number of aliphatic hydroxyl groups is 1. The van der Waals surface area contributed by atoms with Crippen LogP contribution in [0.4, 0.5) is 0 Å². The number of para-hydroxylation sites is 1. The molecule has 1 amide bonds. The molecule has 1 saturated heterocycles. The number of carbonyl (C=O) groups excluding carboxylic acids is 1. The molecule has 0 aromatic heterocycles. The van der Waals surface area contributed by atoms with Crippen LogP contribution in [0, 0.1) is 0 Å². The number of β-lactam (4-membered cyclic amide) rings is 1. The van der Waals surface area contributed by atoms with Crippen molar-refractivity contribution in [3.05, 3.63) is 29.8 Å². The van der Waals surface area contributed by atoms with Crippen LogP contribution in [0.3, 0.4) is 0 Å². The summed E-state index contributed by atoms with van der Waals surface area (Å²) in [5.41, 5.74) is 0.664. The fourth-order valence-corrected chi connectivity index (χ4v) is 1.89. The van der Waals surface area contributed by atoms with Gasteiger partial charge in [0.1, 0.15) is 5.75 Å². The Bertz CT molecular complexity index is 404. The Balaban J connectivity index is 2.06. The number of carbonyl (C=O) groups is 1. The molecular formula is C10H9NO3. The maximum Gasteiger partial charge on any atom is 0.233 e. The fourth-order valence-electron chi connectivity index (χ4n) is 1.89. The summed E-state index contributed by atoms with van der Waals surface area (Å²) in [5.74, 6) is 0.616. The average Bonchev–Trinajstić information content (AvgIpc) is 2.16. The molecule has 0 unspecified atom stereocenters. The second kappa shape index (κ2) is 2.48. The van der Waals surface area contributed by atoms with Gasteiger partial charge in [-0.1, -0.05) is 18.2 Å². The number of ether oxygens (including phenoxy) is 1. The third-order valence-corrected chi connectivity index (χ3v) is 2.67. The van der Waals surface area contributed by atoms with Crippen molar-refractivity contribution in [3.8, 4) is 5.75 Å². The first-order valence-corrected chi connectivity index (χ1v) is 4.52. The summed E-state index contributed by atoms with van der Waals surface area (Å²) in [5, 5.41) is 9.85. The molecule has 1 aromatic rings. The SMILES string of the molecule is O=C1C[C@H]2Oc3ccccc3[C@H](O)N12. The average molecular weight is 191 g/mol. The van der Waals surface area contributed by atoms with E-state index in [1.54, 1.807) is 12.1 Å². The zero-order chi connectivity index (χ0) is 9.71. The van der Waals surface area contributed by atoms with Gasteiger partial charge in [-0.2, -0.15) is 0 Å². The van der Waals surface area contributed by atoms with Crippen LogP contribution in [-0.4, -0.2) is 22.1 Å². The highest BCUT2D eigenvalue weighted by Crippen LogP contribution is 2.40. The lowest BCUT2D eigenvalue weighted by molar-refractivity contribution is -0.192. The number of amides is 1. The largest absolute Gasteiger partial charge is 0.469 e. The topological polar surface area (TPSA) is 49.8 Å². The molecule has 2 atom stereocenters. The predicted octanol–water partition coefficient (Wildman–Crippen LogP) is 0.628. The second-order valence-corrected chi connectivity index (χ2v) is 3.49. The second-order valence-electron chi connectivity index (χ2n) is 3.49. The van der Waals surface area contributed by atoms with Crippen molar-refractivity contribution in [2.45, 2.75) is 18.9 Å². The van der Waals surface area contributed by atoms with Crippen LogP contribution in [0.5, 0.6) is 5.75 Å². The molecule has 3 rings (SSSR count). The molecular weight excluding hydrogens is 182 g/mol. The van der Waals surface area contributed by atoms with E-state index in [1.165, 1.54) is 4.90 Å². The monoisotopic (exact) mass is 191 g/mol. The number of rotatable bonds is 0. The minimum absolute atomic E-state index is 0.0583. The van der Waals surface area contributed by atoms with Crippen LogP contribution < -0.4 is 4.74 Å². The van der Waals surface area contributed by atoms with Crippen molar-refractivity contribution in [2.24, 2.45) is 0 Å². The van der Waals surface area contributed by atoms with Crippen molar-refractivity contribution < 1.29 is 14.6 Å². The maximum absolute atomic E-state index is 11.2. The van der Waals surface area contributed by atoms with Gasteiger partial charge >= 0.3 is 0 Å². The van der Waals surface area contributed by atoms with Crippen molar-refractivity contribution in [1.82, 2.24) is 4.90 Å². The Morgan fingerprint density at radius 2 is 2.21 bits per heavy atom. The molecule has 14 heavy (non-hydrogen) atoms. The summed E-state index contributed by atoms with van der Waals surface area (Å²) in [6, 6.07) is 7.23. The van der Waals surface area contributed by atoms with Crippen molar-refractivity contribution >= 4 is 5.91 Å². The van der Waals surface area contributed by atoms with E-state index in [0.29, 0.717) is 17.7 Å². The maximum atomic E-state index is 11.2. The van der Waals surface area contributed by atoms with Gasteiger partial charge < -0.3 is 9.84 Å². The van der Waals surface area contributed by atoms with Gasteiger partial charge in [0.05, 0.1) is 6.42 Å². The minimum Gasteiger partial charge on any atom is -0.469 e. The zero-order valence-corrected chi connectivity index (χ0v) is 7.38. The molecule has 4 heteroatoms. The van der Waals surface area contributed by atoms with E-state index in [4.69, 9.17) is 4.74 Å². The Hall–Kier alpha value is -1.55. The number of hydrogen-bond acceptors (Lipinski definition) is 3. The molecule has 1 N–H and O–H groups in total. The first-order chi connectivity index (χ1) is 6.77. The molecule has 1 aromatic carbocycles. The van der Waals surface area contributed by atoms with Gasteiger partial charge in [-0.05, 0) is 6.07 Å². The molecule has 0 radical (unpaired) electrons. The van der Waals surface area contributed by atoms with Gasteiger partial charge in [0.2, 0.25) is 5.91 Å². The van der Waals surface area contributed by atoms with Crippen molar-refractivity contribution in [1.29, 1.82) is 0 Å². The van der Waals surface area contributed by atoms with Gasteiger partial charge in [0.15, 0.2) is 12.5 Å². The molecule has 2 aliphatic heterocycles. The summed E-state index contributed by atoms with van der Waals surface area (Å²) in [4.78, 5) is 12.5. The fraction of sp³-hybridized carbons (Fsp3) is 0.300. The first-order valence-electron chi connectivity index (χ1n) is 4.52. The van der Waals surface area contributed by atoms with Crippen LogP contribution in [0.2, 0.25) is 0 Å². The van der Waals surface area contributed by atoms with E-state index in [0.717, 1.165) is 0 Å². The molecule has 0 aliphatic carbocycles. The Labute approximate surface area is 80.7 Å². The number of nitrogens with zero attached hydrogens (tertiary/aromatic N) is 1. The number of hydrogen-bond donors (Lipinski definition) is 1. The van der Waals surface area contributed by atoms with E-state index in [9.17, 15) is 9.90 Å². The van der Waals surface area contributed by atoms with Gasteiger partial charge in [-0.25, -0.2) is 0 Å². The van der Waals surface area contributed by atoms with Gasteiger partial charge in [-0.3, -0.25) is 9.69 Å². The summed E-state index contributed by atoms with van der Waals surface area (Å²) in [6.45, 7) is 0. The van der Waals surface area contributed by atoms with E-state index < -0.39 is 6.23 Å². The van der Waals surface area contributed by atoms with Crippen LogP contribution in [-0.2, 0) is 4.79 Å². The van der Waals surface area contributed by atoms with E-state index in [1.807, 2.05) is 12.1 Å². The van der Waals surface area contributed by atoms with Crippen molar-refractivity contribution in [3.63, 3.8) is 0 Å². The summed E-state index contributed by atoms with van der Waals surface area (Å²) in [7, 11) is 0. The standard InChI is InChI=1S/C10H9NO3/c12-8-5-9-11(8)10(13)6-3-1-2-4-7(6)14-9/h1-4,9-10,13H,5H2/t9-,10+/m1/s1. The smallest absolute Gasteiger partial charge is 0.233 e. The molecule has 1 fully saturated rings. The van der Waals surface area contributed by atoms with E-state index >= 15 is 0 Å². The summed E-state index contributed by atoms with van der Waals surface area (Å²) < 4.78 is 5.52. The van der Waals surface area contributed by atoms with Gasteiger partial charge in [0.25, 0.3) is 0 Å². The van der Waals surface area contributed by atoms with Gasteiger partial charge in [-0.15, -0.1) is 0 Å². The Morgan fingerprint density at radius 3 is 3.00 bits per heavy atom. The summed E-state index contributed by atoms with van der Waals surface area (Å²) >= 11 is 0. The third-order valence-electron chi connectivity index (χ3n) is 2.67. The molecule has 4 nitrogen and oxygen atoms in total. The van der Waals surface area contributed by atoms with Crippen molar-refractivity contribution in [2.75, 3.05) is 0 Å². The van der Waals surface area contributed by atoms with Crippen LogP contribution in [0.25, 0.3) is 0 Å².